The van der Waals surface area contributed by atoms with E-state index < -0.39 is 0 Å². The molecule has 0 aliphatic carbocycles. The number of ether oxygens (including phenoxy) is 1. The largest absolute Gasteiger partial charge is 0.474 e. The first-order valence-corrected chi connectivity index (χ1v) is 5.91. The first-order valence-electron chi connectivity index (χ1n) is 5.91. The third-order valence-corrected chi connectivity index (χ3v) is 2.35. The lowest BCUT2D eigenvalue weighted by Gasteiger charge is -2.14. The smallest absolute Gasteiger partial charge is 0.225 e. The average Bonchev–Trinajstić information content (AvgIpc) is 2.30. The lowest BCUT2D eigenvalue weighted by Crippen LogP contribution is -2.13. The van der Waals surface area contributed by atoms with Crippen LogP contribution in [0.15, 0.2) is 6.20 Å². The minimum atomic E-state index is 0.188. The van der Waals surface area contributed by atoms with Crippen molar-refractivity contribution in [1.82, 2.24) is 9.97 Å². The molecule has 0 spiro atoms. The summed E-state index contributed by atoms with van der Waals surface area (Å²) in [6.07, 6.45) is 4.01. The zero-order valence-corrected chi connectivity index (χ0v) is 10.6. The lowest BCUT2D eigenvalue weighted by molar-refractivity contribution is 0.207. The average molecular weight is 223 g/mol. The van der Waals surface area contributed by atoms with Crippen LogP contribution in [0, 0.1) is 6.92 Å². The maximum Gasteiger partial charge on any atom is 0.225 e. The molecular weight excluding hydrogens is 202 g/mol. The van der Waals surface area contributed by atoms with Gasteiger partial charge in [-0.05, 0) is 26.7 Å². The SMILES string of the molecule is CCCNc1ncc(C)c(OC(C)CC)n1. The first kappa shape index (κ1) is 12.7. The van der Waals surface area contributed by atoms with Gasteiger partial charge in [-0.3, -0.25) is 0 Å². The third kappa shape index (κ3) is 3.68. The van der Waals surface area contributed by atoms with Gasteiger partial charge in [-0.2, -0.15) is 4.98 Å². The van der Waals surface area contributed by atoms with E-state index in [-0.39, 0.29) is 6.10 Å². The molecule has 1 aromatic rings. The number of hydrogen-bond donors (Lipinski definition) is 1. The maximum atomic E-state index is 5.72. The summed E-state index contributed by atoms with van der Waals surface area (Å²) < 4.78 is 5.72. The number of hydrogen-bond acceptors (Lipinski definition) is 4. The molecule has 4 nitrogen and oxygen atoms in total. The Morgan fingerprint density at radius 2 is 2.19 bits per heavy atom. The molecule has 1 atom stereocenters. The molecule has 0 aliphatic heterocycles. The molecule has 0 fully saturated rings. The van der Waals surface area contributed by atoms with Crippen LogP contribution in [0.5, 0.6) is 5.88 Å². The summed E-state index contributed by atoms with van der Waals surface area (Å²) in [6, 6.07) is 0. The van der Waals surface area contributed by atoms with Crippen molar-refractivity contribution in [2.75, 3.05) is 11.9 Å². The van der Waals surface area contributed by atoms with Crippen LogP contribution >= 0.6 is 0 Å². The van der Waals surface area contributed by atoms with Gasteiger partial charge in [0.15, 0.2) is 0 Å². The molecule has 0 aromatic carbocycles. The fourth-order valence-corrected chi connectivity index (χ4v) is 1.14. The van der Waals surface area contributed by atoms with Gasteiger partial charge in [0.1, 0.15) is 0 Å². The number of anilines is 1. The summed E-state index contributed by atoms with van der Waals surface area (Å²) >= 11 is 0. The third-order valence-electron chi connectivity index (χ3n) is 2.35. The number of nitrogens with one attached hydrogen (secondary N) is 1. The molecule has 4 heteroatoms. The highest BCUT2D eigenvalue weighted by Gasteiger charge is 2.07. The van der Waals surface area contributed by atoms with Crippen LogP contribution in [0.1, 0.15) is 39.2 Å². The number of aromatic nitrogens is 2. The molecule has 90 valence electrons. The molecule has 1 heterocycles. The second-order valence-electron chi connectivity index (χ2n) is 3.95. The molecule has 1 N–H and O–H groups in total. The van der Waals surface area contributed by atoms with E-state index in [0.29, 0.717) is 11.8 Å². The Bertz CT molecular complexity index is 328. The highest BCUT2D eigenvalue weighted by molar-refractivity contribution is 5.32. The Hall–Kier alpha value is -1.32. The quantitative estimate of drug-likeness (QED) is 0.805. The van der Waals surface area contributed by atoms with Crippen LogP contribution in [0.2, 0.25) is 0 Å². The van der Waals surface area contributed by atoms with Gasteiger partial charge in [0.2, 0.25) is 11.8 Å². The summed E-state index contributed by atoms with van der Waals surface area (Å²) in [6.45, 7) is 9.09. The predicted molar refractivity (Wildman–Crippen MR) is 65.9 cm³/mol. The molecule has 0 saturated carbocycles. The molecule has 1 aromatic heterocycles. The van der Waals surface area contributed by atoms with Crippen molar-refractivity contribution >= 4 is 5.95 Å². The fraction of sp³-hybridized carbons (Fsp3) is 0.667. The van der Waals surface area contributed by atoms with Crippen molar-refractivity contribution < 1.29 is 4.74 Å². The van der Waals surface area contributed by atoms with Gasteiger partial charge in [0, 0.05) is 18.3 Å². The van der Waals surface area contributed by atoms with Crippen molar-refractivity contribution in [3.63, 3.8) is 0 Å². The normalized spacial score (nSPS) is 12.2. The van der Waals surface area contributed by atoms with Gasteiger partial charge in [0.25, 0.3) is 0 Å². The number of aryl methyl sites for hydroxylation is 1. The molecule has 1 rings (SSSR count). The van der Waals surface area contributed by atoms with Crippen LogP contribution in [0.3, 0.4) is 0 Å². The Morgan fingerprint density at radius 3 is 2.81 bits per heavy atom. The summed E-state index contributed by atoms with van der Waals surface area (Å²) in [7, 11) is 0. The molecule has 0 bridgehead atoms. The van der Waals surface area contributed by atoms with Gasteiger partial charge in [-0.15, -0.1) is 0 Å². The van der Waals surface area contributed by atoms with Crippen molar-refractivity contribution in [2.45, 2.75) is 46.6 Å². The Kier molecular flexibility index (Phi) is 5.02. The molecule has 16 heavy (non-hydrogen) atoms. The van der Waals surface area contributed by atoms with E-state index in [2.05, 4.69) is 29.1 Å². The Balaban J connectivity index is 2.73. The molecule has 0 amide bonds. The summed E-state index contributed by atoms with van der Waals surface area (Å²) in [4.78, 5) is 8.56. The summed E-state index contributed by atoms with van der Waals surface area (Å²) in [5, 5.41) is 3.15. The van der Waals surface area contributed by atoms with Gasteiger partial charge < -0.3 is 10.1 Å². The maximum absolute atomic E-state index is 5.72. The van der Waals surface area contributed by atoms with Crippen molar-refractivity contribution in [3.8, 4) is 5.88 Å². The molecule has 0 saturated heterocycles. The highest BCUT2D eigenvalue weighted by atomic mass is 16.5. The van der Waals surface area contributed by atoms with Crippen LogP contribution in [-0.2, 0) is 0 Å². The van der Waals surface area contributed by atoms with Gasteiger partial charge in [-0.25, -0.2) is 4.98 Å². The van der Waals surface area contributed by atoms with E-state index in [1.807, 2.05) is 13.8 Å². The van der Waals surface area contributed by atoms with Crippen molar-refractivity contribution in [3.05, 3.63) is 11.8 Å². The van der Waals surface area contributed by atoms with E-state index in [1.165, 1.54) is 0 Å². The molecule has 0 aliphatic rings. The first-order chi connectivity index (χ1) is 7.67. The standard InChI is InChI=1S/C12H21N3O/c1-5-7-13-12-14-8-9(3)11(15-12)16-10(4)6-2/h8,10H,5-7H2,1-4H3,(H,13,14,15). The molecule has 0 radical (unpaired) electrons. The monoisotopic (exact) mass is 223 g/mol. The minimum absolute atomic E-state index is 0.188. The second-order valence-corrected chi connectivity index (χ2v) is 3.95. The molecular formula is C12H21N3O. The summed E-state index contributed by atoms with van der Waals surface area (Å²) in [5.41, 5.74) is 0.974. The highest BCUT2D eigenvalue weighted by Crippen LogP contribution is 2.17. The zero-order valence-electron chi connectivity index (χ0n) is 10.6. The lowest BCUT2D eigenvalue weighted by atomic mass is 10.3. The summed E-state index contributed by atoms with van der Waals surface area (Å²) in [5.74, 6) is 1.33. The molecule has 1 unspecified atom stereocenters. The van der Waals surface area contributed by atoms with Crippen LogP contribution in [0.4, 0.5) is 5.95 Å². The Labute approximate surface area is 97.5 Å². The number of rotatable bonds is 6. The Morgan fingerprint density at radius 1 is 1.44 bits per heavy atom. The van der Waals surface area contributed by atoms with Crippen LogP contribution in [0.25, 0.3) is 0 Å². The minimum Gasteiger partial charge on any atom is -0.474 e. The van der Waals surface area contributed by atoms with E-state index in [4.69, 9.17) is 4.74 Å². The van der Waals surface area contributed by atoms with Crippen molar-refractivity contribution in [1.29, 1.82) is 0 Å². The van der Waals surface area contributed by atoms with Gasteiger partial charge in [-0.1, -0.05) is 13.8 Å². The number of nitrogens with zero attached hydrogens (tertiary/aromatic N) is 2. The van der Waals surface area contributed by atoms with E-state index in [0.717, 1.165) is 24.9 Å². The van der Waals surface area contributed by atoms with Gasteiger partial charge in [0.05, 0.1) is 6.10 Å². The van der Waals surface area contributed by atoms with E-state index in [9.17, 15) is 0 Å². The van der Waals surface area contributed by atoms with Crippen LogP contribution < -0.4 is 10.1 Å². The van der Waals surface area contributed by atoms with Crippen LogP contribution in [-0.4, -0.2) is 22.6 Å². The second kappa shape index (κ2) is 6.30. The topological polar surface area (TPSA) is 47.0 Å². The van der Waals surface area contributed by atoms with Gasteiger partial charge >= 0.3 is 0 Å². The van der Waals surface area contributed by atoms with Crippen molar-refractivity contribution in [2.24, 2.45) is 0 Å². The fourth-order valence-electron chi connectivity index (χ4n) is 1.14. The predicted octanol–water partition coefficient (Wildman–Crippen LogP) is 2.78. The van der Waals surface area contributed by atoms with E-state index >= 15 is 0 Å². The zero-order chi connectivity index (χ0) is 12.0. The van der Waals surface area contributed by atoms with E-state index in [1.54, 1.807) is 6.20 Å².